The van der Waals surface area contributed by atoms with Crippen molar-refractivity contribution in [2.75, 3.05) is 0 Å². The van der Waals surface area contributed by atoms with E-state index in [9.17, 15) is 9.59 Å². The fourth-order valence-corrected chi connectivity index (χ4v) is 4.08. The molecule has 0 aliphatic rings. The summed E-state index contributed by atoms with van der Waals surface area (Å²) in [7, 11) is 0. The van der Waals surface area contributed by atoms with Crippen LogP contribution < -0.4 is 0 Å². The zero-order chi connectivity index (χ0) is 19.6. The van der Waals surface area contributed by atoms with Crippen LogP contribution in [-0.2, 0) is 9.53 Å². The van der Waals surface area contributed by atoms with Crippen molar-refractivity contribution in [2.24, 2.45) is 0 Å². The first-order valence-corrected chi connectivity index (χ1v) is 9.73. The van der Waals surface area contributed by atoms with E-state index in [1.807, 2.05) is 50.2 Å². The van der Waals surface area contributed by atoms with E-state index in [4.69, 9.17) is 16.3 Å². The molecule has 0 N–H and O–H groups in total. The Hall–Kier alpha value is -2.43. The van der Waals surface area contributed by atoms with Gasteiger partial charge in [0.25, 0.3) is 0 Å². The van der Waals surface area contributed by atoms with Gasteiger partial charge in [0.1, 0.15) is 0 Å². The van der Waals surface area contributed by atoms with Gasteiger partial charge in [-0.05, 0) is 50.1 Å². The number of thiophene rings is 1. The number of carbonyl (C=O) groups is 2. The topological polar surface area (TPSA) is 43.4 Å². The van der Waals surface area contributed by atoms with Crippen LogP contribution >= 0.6 is 22.9 Å². The van der Waals surface area contributed by atoms with Gasteiger partial charge in [0.2, 0.25) is 5.78 Å². The van der Waals surface area contributed by atoms with E-state index in [1.54, 1.807) is 19.1 Å². The largest absolute Gasteiger partial charge is 0.451 e. The maximum Gasteiger partial charge on any atom is 0.331 e. The predicted molar refractivity (Wildman–Crippen MR) is 112 cm³/mol. The van der Waals surface area contributed by atoms with E-state index in [0.717, 1.165) is 26.1 Å². The second-order valence-electron chi connectivity index (χ2n) is 6.35. The summed E-state index contributed by atoms with van der Waals surface area (Å²) < 4.78 is 6.31. The zero-order valence-corrected chi connectivity index (χ0v) is 16.9. The Morgan fingerprint density at radius 1 is 1.11 bits per heavy atom. The highest BCUT2D eigenvalue weighted by Gasteiger charge is 2.19. The summed E-state index contributed by atoms with van der Waals surface area (Å²) in [6, 6.07) is 13.2. The number of esters is 1. The summed E-state index contributed by atoms with van der Waals surface area (Å²) in [5.74, 6) is -0.798. The molecule has 0 fully saturated rings. The molecule has 0 amide bonds. The number of hydrogen-bond donors (Lipinski definition) is 0. The maximum absolute atomic E-state index is 12.5. The fraction of sp³-hybridized carbons (Fsp3) is 0.182. The highest BCUT2D eigenvalue weighted by atomic mass is 35.5. The molecule has 0 aliphatic carbocycles. The minimum atomic E-state index is -0.859. The molecule has 0 spiro atoms. The van der Waals surface area contributed by atoms with Gasteiger partial charge in [-0.3, -0.25) is 4.79 Å². The van der Waals surface area contributed by atoms with E-state index in [2.05, 4.69) is 0 Å². The molecule has 138 valence electrons. The number of carbonyl (C=O) groups excluding carboxylic acids is 2. The number of ketones is 1. The molecule has 3 nitrogen and oxygen atoms in total. The molecule has 3 aromatic rings. The highest BCUT2D eigenvalue weighted by Crippen LogP contribution is 2.35. The van der Waals surface area contributed by atoms with Gasteiger partial charge in [0.15, 0.2) is 6.10 Å². The van der Waals surface area contributed by atoms with Crippen LogP contribution in [-0.4, -0.2) is 17.9 Å². The summed E-state index contributed by atoms with van der Waals surface area (Å²) in [5.41, 5.74) is 2.67. The third-order valence-corrected chi connectivity index (χ3v) is 6.04. The van der Waals surface area contributed by atoms with E-state index < -0.39 is 12.1 Å². The molecule has 0 radical (unpaired) electrons. The van der Waals surface area contributed by atoms with Crippen molar-refractivity contribution in [1.82, 2.24) is 0 Å². The third kappa shape index (κ3) is 4.29. The second-order valence-corrected chi connectivity index (χ2v) is 7.81. The number of hydrogen-bond acceptors (Lipinski definition) is 4. The van der Waals surface area contributed by atoms with Crippen LogP contribution in [0.2, 0.25) is 5.02 Å². The van der Waals surface area contributed by atoms with Crippen molar-refractivity contribution in [2.45, 2.75) is 26.9 Å². The van der Waals surface area contributed by atoms with Crippen LogP contribution in [0.15, 0.2) is 48.5 Å². The quantitative estimate of drug-likeness (QED) is 0.301. The van der Waals surface area contributed by atoms with Crippen LogP contribution in [0.25, 0.3) is 16.2 Å². The maximum atomic E-state index is 12.5. The molecule has 5 heteroatoms. The molecule has 1 heterocycles. The van der Waals surface area contributed by atoms with Gasteiger partial charge in [-0.15, -0.1) is 11.3 Å². The molecule has 0 bridgehead atoms. The van der Waals surface area contributed by atoms with E-state index >= 15 is 0 Å². The normalized spacial score (nSPS) is 12.4. The average molecular weight is 399 g/mol. The fourth-order valence-electron chi connectivity index (χ4n) is 2.68. The number of fused-ring (bicyclic) bond motifs is 1. The number of rotatable bonds is 5. The molecular formula is C22H19ClO3S. The molecule has 0 saturated carbocycles. The van der Waals surface area contributed by atoms with Gasteiger partial charge >= 0.3 is 5.97 Å². The molecule has 3 rings (SSSR count). The second kappa shape index (κ2) is 8.07. The van der Waals surface area contributed by atoms with Crippen LogP contribution in [0.4, 0.5) is 0 Å². The standard InChI is InChI=1S/C22H19ClO3S/c1-13-8-9-16(12-14(13)2)22(25)15(3)26-20(24)11-10-19-21(23)17-6-4-5-7-18(17)27-19/h4-12,15H,1-3H3/b11-10+/t15-/m0/s1. The lowest BCUT2D eigenvalue weighted by Crippen LogP contribution is -2.23. The minimum absolute atomic E-state index is 0.222. The van der Waals surface area contributed by atoms with Crippen LogP contribution in [0.5, 0.6) is 0 Å². The summed E-state index contributed by atoms with van der Waals surface area (Å²) in [4.78, 5) is 25.4. The SMILES string of the molecule is Cc1ccc(C(=O)[C@H](C)OC(=O)/C=C/c2sc3ccccc3c2Cl)cc1C. The molecule has 2 aromatic carbocycles. The van der Waals surface area contributed by atoms with Crippen molar-refractivity contribution in [3.63, 3.8) is 0 Å². The Morgan fingerprint density at radius 3 is 2.56 bits per heavy atom. The monoisotopic (exact) mass is 398 g/mol. The molecule has 0 unspecified atom stereocenters. The van der Waals surface area contributed by atoms with E-state index in [1.165, 1.54) is 17.4 Å². The summed E-state index contributed by atoms with van der Waals surface area (Å²) in [5, 5.41) is 1.56. The molecule has 27 heavy (non-hydrogen) atoms. The van der Waals surface area contributed by atoms with Crippen molar-refractivity contribution in [3.8, 4) is 0 Å². The molecule has 1 atom stereocenters. The van der Waals surface area contributed by atoms with Crippen molar-refractivity contribution in [1.29, 1.82) is 0 Å². The smallest absolute Gasteiger partial charge is 0.331 e. The number of benzene rings is 2. The van der Waals surface area contributed by atoms with Crippen LogP contribution in [0.3, 0.4) is 0 Å². The van der Waals surface area contributed by atoms with E-state index in [-0.39, 0.29) is 5.78 Å². The summed E-state index contributed by atoms with van der Waals surface area (Å²) in [6.45, 7) is 5.51. The average Bonchev–Trinajstić information content (AvgIpc) is 2.98. The van der Waals surface area contributed by atoms with Crippen LogP contribution in [0, 0.1) is 13.8 Å². The van der Waals surface area contributed by atoms with Crippen LogP contribution in [0.1, 0.15) is 33.3 Å². The third-order valence-electron chi connectivity index (χ3n) is 4.38. The molecular weight excluding hydrogens is 380 g/mol. The summed E-state index contributed by atoms with van der Waals surface area (Å²) in [6.07, 6.45) is 2.07. The Kier molecular flexibility index (Phi) is 5.78. The van der Waals surface area contributed by atoms with Gasteiger partial charge < -0.3 is 4.74 Å². The Bertz CT molecular complexity index is 1050. The zero-order valence-electron chi connectivity index (χ0n) is 15.3. The first-order chi connectivity index (χ1) is 12.9. The van der Waals surface area contributed by atoms with Gasteiger partial charge in [-0.2, -0.15) is 0 Å². The van der Waals surface area contributed by atoms with Gasteiger partial charge in [0.05, 0.1) is 5.02 Å². The highest BCUT2D eigenvalue weighted by molar-refractivity contribution is 7.20. The van der Waals surface area contributed by atoms with Crippen molar-refractivity contribution in [3.05, 3.63) is 75.1 Å². The Morgan fingerprint density at radius 2 is 1.85 bits per heavy atom. The minimum Gasteiger partial charge on any atom is -0.451 e. The van der Waals surface area contributed by atoms with Crippen molar-refractivity contribution >= 4 is 50.9 Å². The Labute approximate surface area is 167 Å². The lowest BCUT2D eigenvalue weighted by atomic mass is 10.0. The number of Topliss-reactive ketones (excluding diaryl/α,β-unsaturated/α-hetero) is 1. The molecule has 0 saturated heterocycles. The first-order valence-electron chi connectivity index (χ1n) is 8.54. The lowest BCUT2D eigenvalue weighted by molar-refractivity contribution is -0.140. The van der Waals surface area contributed by atoms with Gasteiger partial charge in [-0.25, -0.2) is 4.79 Å². The molecule has 1 aromatic heterocycles. The van der Waals surface area contributed by atoms with E-state index in [0.29, 0.717) is 10.6 Å². The summed E-state index contributed by atoms with van der Waals surface area (Å²) >= 11 is 7.85. The predicted octanol–water partition coefficient (Wildman–Crippen LogP) is 6.00. The van der Waals surface area contributed by atoms with Gasteiger partial charge in [-0.1, -0.05) is 41.9 Å². The number of ether oxygens (including phenoxy) is 1. The molecule has 0 aliphatic heterocycles. The number of halogens is 1. The lowest BCUT2D eigenvalue weighted by Gasteiger charge is -2.12. The Balaban J connectivity index is 1.68. The first kappa shape index (κ1) is 19.3. The number of aryl methyl sites for hydroxylation is 2. The van der Waals surface area contributed by atoms with Gasteiger partial charge in [0, 0.05) is 26.6 Å². The van der Waals surface area contributed by atoms with Crippen molar-refractivity contribution < 1.29 is 14.3 Å².